The van der Waals surface area contributed by atoms with E-state index < -0.39 is 11.6 Å². The van der Waals surface area contributed by atoms with Crippen molar-refractivity contribution in [2.75, 3.05) is 77.3 Å². The molecular formula is C39H44Cl2N4O10. The van der Waals surface area contributed by atoms with Gasteiger partial charge in [0.05, 0.1) is 55.1 Å². The van der Waals surface area contributed by atoms with E-state index in [0.717, 1.165) is 5.56 Å². The van der Waals surface area contributed by atoms with Crippen LogP contribution in [0.3, 0.4) is 0 Å². The zero-order valence-electron chi connectivity index (χ0n) is 30.1. The van der Waals surface area contributed by atoms with Crippen LogP contribution in [0.25, 0.3) is 22.3 Å². The summed E-state index contributed by atoms with van der Waals surface area (Å²) in [7, 11) is 3.01. The molecule has 8 N–H and O–H groups in total. The van der Waals surface area contributed by atoms with E-state index in [1.807, 2.05) is 30.3 Å². The van der Waals surface area contributed by atoms with Crippen molar-refractivity contribution in [3.8, 4) is 34.3 Å². The van der Waals surface area contributed by atoms with E-state index in [1.54, 1.807) is 37.4 Å². The molecule has 5 aromatic rings. The van der Waals surface area contributed by atoms with Crippen LogP contribution in [-0.4, -0.2) is 98.7 Å². The number of aliphatic hydroxyl groups excluding tert-OH is 2. The number of aliphatic hydroxyl groups is 2. The lowest BCUT2D eigenvalue weighted by Gasteiger charge is -2.25. The quantitative estimate of drug-likeness (QED) is 0.0541. The van der Waals surface area contributed by atoms with Gasteiger partial charge in [0.15, 0.2) is 17.1 Å². The van der Waals surface area contributed by atoms with E-state index in [-0.39, 0.29) is 83.0 Å². The number of rotatable bonds is 15. The number of phenols is 2. The number of aromatic hydroxyl groups is 2. The van der Waals surface area contributed by atoms with Crippen LogP contribution in [0.5, 0.6) is 23.0 Å². The van der Waals surface area contributed by atoms with Crippen molar-refractivity contribution in [2.45, 2.75) is 0 Å². The molecule has 0 amide bonds. The van der Waals surface area contributed by atoms with Gasteiger partial charge in [-0.3, -0.25) is 14.4 Å². The summed E-state index contributed by atoms with van der Waals surface area (Å²) in [5, 5.41) is 51.0. The van der Waals surface area contributed by atoms with E-state index in [1.165, 1.54) is 19.2 Å². The van der Waals surface area contributed by atoms with Crippen molar-refractivity contribution in [3.05, 3.63) is 105 Å². The van der Waals surface area contributed by atoms with Crippen molar-refractivity contribution in [3.63, 3.8) is 0 Å². The van der Waals surface area contributed by atoms with Gasteiger partial charge in [-0.1, -0.05) is 36.4 Å². The molecule has 0 spiro atoms. The van der Waals surface area contributed by atoms with E-state index in [9.17, 15) is 24.6 Å². The number of methoxy groups -OCH3 is 2. The fourth-order valence-electron chi connectivity index (χ4n) is 5.94. The number of ketones is 2. The Hall–Kier alpha value is -5.35. The fourth-order valence-corrected chi connectivity index (χ4v) is 5.94. The second kappa shape index (κ2) is 20.9. The number of fused-ring (bicyclic) bond motifs is 3. The van der Waals surface area contributed by atoms with Gasteiger partial charge < -0.3 is 55.6 Å². The second-order valence-electron chi connectivity index (χ2n) is 11.7. The molecule has 0 unspecified atom stereocenters. The van der Waals surface area contributed by atoms with Crippen molar-refractivity contribution >= 4 is 58.7 Å². The molecule has 0 saturated carbocycles. The number of halogens is 2. The van der Waals surface area contributed by atoms with E-state index in [2.05, 4.69) is 21.3 Å². The van der Waals surface area contributed by atoms with Crippen molar-refractivity contribution in [1.82, 2.24) is 10.6 Å². The lowest BCUT2D eigenvalue weighted by molar-refractivity contribution is 0.0975. The monoisotopic (exact) mass is 798 g/mol. The normalized spacial score (nSPS) is 11.3. The Labute approximate surface area is 329 Å². The Balaban J connectivity index is 0.000000307. The molecule has 0 atom stereocenters. The van der Waals surface area contributed by atoms with Crippen molar-refractivity contribution in [2.24, 2.45) is 0 Å². The van der Waals surface area contributed by atoms with Crippen LogP contribution in [-0.2, 0) is 0 Å². The molecule has 294 valence electrons. The summed E-state index contributed by atoms with van der Waals surface area (Å²) in [5.41, 5.74) is 1.66. The Morgan fingerprint density at radius 2 is 1.13 bits per heavy atom. The molecule has 14 nitrogen and oxygen atoms in total. The topological polar surface area (TPSA) is 212 Å². The first-order valence-electron chi connectivity index (χ1n) is 16.9. The SMILES string of the molecule is COc1c(-c2ccccc2)oc2c(OC)cccc2c1=O.Cl.Cl.O=C1c2c(O)ccc(O)c2C(=O)c2c(NCCNCCO)ccc(NCCNCCO)c21. The highest BCUT2D eigenvalue weighted by Crippen LogP contribution is 2.42. The Morgan fingerprint density at radius 1 is 0.600 bits per heavy atom. The van der Waals surface area contributed by atoms with Crippen LogP contribution >= 0.6 is 24.8 Å². The minimum absolute atomic E-state index is 0. The molecule has 0 bridgehead atoms. The van der Waals surface area contributed by atoms with Gasteiger partial charge in [-0.05, 0) is 36.4 Å². The van der Waals surface area contributed by atoms with Gasteiger partial charge in [-0.15, -0.1) is 24.8 Å². The number of phenolic OH excluding ortho intramolecular Hbond substituents is 2. The predicted molar refractivity (Wildman–Crippen MR) is 215 cm³/mol. The third-order valence-electron chi connectivity index (χ3n) is 8.39. The molecule has 0 fully saturated rings. The molecule has 0 radical (unpaired) electrons. The fraction of sp³-hybridized carbons (Fsp3) is 0.256. The highest BCUT2D eigenvalue weighted by atomic mass is 35.5. The van der Waals surface area contributed by atoms with Gasteiger partial charge in [0.1, 0.15) is 11.5 Å². The zero-order chi connectivity index (χ0) is 37.9. The van der Waals surface area contributed by atoms with Crippen LogP contribution in [0.1, 0.15) is 31.8 Å². The third kappa shape index (κ3) is 9.67. The number of ether oxygens (including phenoxy) is 2. The minimum Gasteiger partial charge on any atom is -0.507 e. The van der Waals surface area contributed by atoms with Gasteiger partial charge in [0.25, 0.3) is 0 Å². The van der Waals surface area contributed by atoms with Crippen LogP contribution in [0.4, 0.5) is 11.4 Å². The Kier molecular flexibility index (Phi) is 16.8. The standard InChI is InChI=1S/C22H28N4O6.C17H14O4.2ClH/c27-11-9-23-5-7-25-13-1-2-14(26-8-6-24-10-12-28)18-17(13)21(31)19-15(29)3-4-16(30)20(19)22(18)32;1-19-13-10-6-9-12-14(18)17(20-2)15(21-16(12)13)11-7-4-3-5-8-11;;/h1-4,23-30H,5-12H2;3-10H,1-2H3;2*1H. The first-order chi connectivity index (χ1) is 25.8. The zero-order valence-corrected chi connectivity index (χ0v) is 31.8. The lowest BCUT2D eigenvalue weighted by atomic mass is 9.81. The Morgan fingerprint density at radius 3 is 1.60 bits per heavy atom. The molecule has 0 saturated heterocycles. The average Bonchev–Trinajstić information content (AvgIpc) is 3.18. The number of nitrogens with one attached hydrogen (secondary N) is 4. The summed E-state index contributed by atoms with van der Waals surface area (Å²) in [4.78, 5) is 39.3. The number of carbonyl (C=O) groups excluding carboxylic acids is 2. The summed E-state index contributed by atoms with van der Waals surface area (Å²) < 4.78 is 16.5. The maximum atomic E-state index is 13.4. The first-order valence-corrected chi connectivity index (χ1v) is 16.9. The van der Waals surface area contributed by atoms with Gasteiger partial charge in [-0.2, -0.15) is 0 Å². The Bertz CT molecular complexity index is 2070. The minimum atomic E-state index is -0.559. The summed E-state index contributed by atoms with van der Waals surface area (Å²) in [6.45, 7) is 2.81. The third-order valence-corrected chi connectivity index (χ3v) is 8.39. The summed E-state index contributed by atoms with van der Waals surface area (Å²) in [6, 6.07) is 20.3. The van der Waals surface area contributed by atoms with Gasteiger partial charge >= 0.3 is 0 Å². The van der Waals surface area contributed by atoms with Crippen LogP contribution in [0.15, 0.2) is 82.0 Å². The van der Waals surface area contributed by atoms with Crippen LogP contribution in [0.2, 0.25) is 0 Å². The number of hydrogen-bond donors (Lipinski definition) is 8. The molecular weight excluding hydrogens is 755 g/mol. The average molecular weight is 800 g/mol. The predicted octanol–water partition coefficient (Wildman–Crippen LogP) is 4.18. The number of carbonyl (C=O) groups is 2. The summed E-state index contributed by atoms with van der Waals surface area (Å²) in [6.07, 6.45) is 0. The van der Waals surface area contributed by atoms with E-state index >= 15 is 0 Å². The maximum Gasteiger partial charge on any atom is 0.235 e. The largest absolute Gasteiger partial charge is 0.507 e. The van der Waals surface area contributed by atoms with Gasteiger partial charge in [-0.25, -0.2) is 0 Å². The highest BCUT2D eigenvalue weighted by Gasteiger charge is 2.38. The van der Waals surface area contributed by atoms with Gasteiger partial charge in [0.2, 0.25) is 22.7 Å². The molecule has 16 heteroatoms. The number of benzene rings is 4. The van der Waals surface area contributed by atoms with Gasteiger partial charge in [0, 0.05) is 56.2 Å². The molecule has 4 aromatic carbocycles. The second-order valence-corrected chi connectivity index (χ2v) is 11.7. The molecule has 6 rings (SSSR count). The van der Waals surface area contributed by atoms with Crippen LogP contribution < -0.4 is 36.2 Å². The molecule has 1 heterocycles. The summed E-state index contributed by atoms with van der Waals surface area (Å²) >= 11 is 0. The van der Waals surface area contributed by atoms with Crippen molar-refractivity contribution in [1.29, 1.82) is 0 Å². The molecule has 55 heavy (non-hydrogen) atoms. The van der Waals surface area contributed by atoms with Crippen molar-refractivity contribution < 1.29 is 43.9 Å². The molecule has 1 aliphatic rings. The van der Waals surface area contributed by atoms with E-state index in [4.69, 9.17) is 24.1 Å². The molecule has 1 aromatic heterocycles. The highest BCUT2D eigenvalue weighted by molar-refractivity contribution is 6.33. The summed E-state index contributed by atoms with van der Waals surface area (Å²) in [5.74, 6) is -0.744. The smallest absolute Gasteiger partial charge is 0.235 e. The molecule has 1 aliphatic carbocycles. The number of anilines is 2. The molecule has 0 aliphatic heterocycles. The number of hydrogen-bond acceptors (Lipinski definition) is 14. The van der Waals surface area contributed by atoms with E-state index in [0.29, 0.717) is 73.1 Å². The lowest BCUT2D eigenvalue weighted by Crippen LogP contribution is -2.28. The maximum absolute atomic E-state index is 13.4. The van der Waals surface area contributed by atoms with Crippen LogP contribution in [0, 0.1) is 0 Å². The first kappa shape index (κ1) is 44.0. The number of para-hydroxylation sites is 1.